The Morgan fingerprint density at radius 1 is 1.03 bits per heavy atom. The van der Waals surface area contributed by atoms with Crippen LogP contribution in [0, 0.1) is 0 Å². The average molecular weight is 524 g/mol. The molecular formula is C32H37N5O2. The van der Waals surface area contributed by atoms with E-state index in [1.807, 2.05) is 54.9 Å². The summed E-state index contributed by atoms with van der Waals surface area (Å²) in [5, 5.41) is 11.9. The monoisotopic (exact) mass is 523 g/mol. The fourth-order valence-corrected chi connectivity index (χ4v) is 6.21. The smallest absolute Gasteiger partial charge is 0.251 e. The highest BCUT2D eigenvalue weighted by Crippen LogP contribution is 2.39. The molecule has 1 saturated heterocycles. The van der Waals surface area contributed by atoms with E-state index in [1.165, 1.54) is 24.8 Å². The molecule has 2 N–H and O–H groups in total. The first-order chi connectivity index (χ1) is 19.1. The second kappa shape index (κ2) is 11.2. The normalized spacial score (nSPS) is 18.2. The van der Waals surface area contributed by atoms with Gasteiger partial charge in [-0.15, -0.1) is 0 Å². The Labute approximate surface area is 230 Å². The van der Waals surface area contributed by atoms with E-state index in [2.05, 4.69) is 44.6 Å². The molecule has 4 aromatic rings. The Bertz CT molecular complexity index is 1400. The third-order valence-corrected chi connectivity index (χ3v) is 8.61. The van der Waals surface area contributed by atoms with Crippen LogP contribution in [-0.2, 0) is 5.41 Å². The Morgan fingerprint density at radius 2 is 1.77 bits per heavy atom. The van der Waals surface area contributed by atoms with E-state index in [1.54, 1.807) is 0 Å². The predicted octanol–water partition coefficient (Wildman–Crippen LogP) is 5.73. The molecule has 1 amide bonds. The summed E-state index contributed by atoms with van der Waals surface area (Å²) in [6.45, 7) is 2.77. The van der Waals surface area contributed by atoms with E-state index in [9.17, 15) is 4.79 Å². The number of aromatic amines is 1. The summed E-state index contributed by atoms with van der Waals surface area (Å²) < 4.78 is 6.22. The van der Waals surface area contributed by atoms with Gasteiger partial charge in [0.05, 0.1) is 11.2 Å². The molecule has 2 aromatic carbocycles. The molecule has 1 aliphatic heterocycles. The Kier molecular flexibility index (Phi) is 7.33. The molecule has 2 aromatic heterocycles. The van der Waals surface area contributed by atoms with Crippen molar-refractivity contribution in [2.75, 3.05) is 26.7 Å². The fraction of sp³-hybridized carbons (Fsp3) is 0.406. The van der Waals surface area contributed by atoms with Gasteiger partial charge in [-0.1, -0.05) is 19.3 Å². The first-order valence-electron chi connectivity index (χ1n) is 14.2. The first-order valence-corrected chi connectivity index (χ1v) is 14.2. The second-order valence-corrected chi connectivity index (χ2v) is 11.2. The number of nitrogens with zero attached hydrogens (tertiary/aromatic N) is 3. The molecule has 0 atom stereocenters. The fourth-order valence-electron chi connectivity index (χ4n) is 6.21. The number of pyridine rings is 1. The summed E-state index contributed by atoms with van der Waals surface area (Å²) in [6.07, 6.45) is 11.9. The molecule has 1 aliphatic carbocycles. The molecule has 6 rings (SSSR count). The molecule has 7 heteroatoms. The van der Waals surface area contributed by atoms with E-state index in [0.717, 1.165) is 66.7 Å². The minimum atomic E-state index is -0.0510. The molecule has 0 radical (unpaired) electrons. The molecule has 1 saturated carbocycles. The lowest BCUT2D eigenvalue weighted by Crippen LogP contribution is -2.42. The van der Waals surface area contributed by atoms with Crippen LogP contribution in [0.3, 0.4) is 0 Å². The maximum Gasteiger partial charge on any atom is 0.251 e. The number of carbonyl (C=O) groups is 1. The second-order valence-electron chi connectivity index (χ2n) is 11.2. The van der Waals surface area contributed by atoms with Crippen LogP contribution in [0.2, 0.25) is 0 Å². The number of aromatic nitrogens is 3. The number of carbonyl (C=O) groups excluding carboxylic acids is 1. The van der Waals surface area contributed by atoms with E-state index in [-0.39, 0.29) is 17.4 Å². The topological polar surface area (TPSA) is 83.1 Å². The quantitative estimate of drug-likeness (QED) is 0.323. The molecule has 0 unspecified atom stereocenters. The largest absolute Gasteiger partial charge is 0.490 e. The lowest BCUT2D eigenvalue weighted by molar-refractivity contribution is 0.0936. The standard InChI is InChI=1S/C32H37N5O2/c1-37-19-13-27(14-20-37)39-26-8-5-23(6-9-26)30-28-21-24(7-10-29(28)35-36-30)31(38)34-22-32(15-3-2-4-16-32)25-11-17-33-18-12-25/h5-12,17-18,21,27H,2-4,13-16,19-20,22H2,1H3,(H,34,38)(H,35,36). The maximum atomic E-state index is 13.4. The third-order valence-electron chi connectivity index (χ3n) is 8.61. The van der Waals surface area contributed by atoms with Crippen LogP contribution in [0.25, 0.3) is 22.2 Å². The summed E-state index contributed by atoms with van der Waals surface area (Å²) in [4.78, 5) is 19.9. The molecule has 202 valence electrons. The Balaban J connectivity index is 1.17. The number of likely N-dealkylation sites (tertiary alicyclic amines) is 1. The molecule has 7 nitrogen and oxygen atoms in total. The zero-order valence-corrected chi connectivity index (χ0v) is 22.7. The van der Waals surface area contributed by atoms with Crippen molar-refractivity contribution in [2.24, 2.45) is 0 Å². The van der Waals surface area contributed by atoms with Crippen molar-refractivity contribution in [1.29, 1.82) is 0 Å². The van der Waals surface area contributed by atoms with Crippen LogP contribution in [0.5, 0.6) is 5.75 Å². The van der Waals surface area contributed by atoms with Gasteiger partial charge in [0.15, 0.2) is 0 Å². The number of fused-ring (bicyclic) bond motifs is 1. The summed E-state index contributed by atoms with van der Waals surface area (Å²) >= 11 is 0. The van der Waals surface area contributed by atoms with Gasteiger partial charge < -0.3 is 15.0 Å². The van der Waals surface area contributed by atoms with Crippen molar-refractivity contribution in [2.45, 2.75) is 56.5 Å². The highest BCUT2D eigenvalue weighted by Gasteiger charge is 2.34. The van der Waals surface area contributed by atoms with E-state index >= 15 is 0 Å². The van der Waals surface area contributed by atoms with Crippen molar-refractivity contribution in [3.8, 4) is 17.0 Å². The van der Waals surface area contributed by atoms with Gasteiger partial charge in [0.2, 0.25) is 0 Å². The molecular weight excluding hydrogens is 486 g/mol. The van der Waals surface area contributed by atoms with E-state index < -0.39 is 0 Å². The maximum absolute atomic E-state index is 13.4. The van der Waals surface area contributed by atoms with Gasteiger partial charge in [-0.25, -0.2) is 0 Å². The first kappa shape index (κ1) is 25.6. The van der Waals surface area contributed by atoms with Gasteiger partial charge in [-0.2, -0.15) is 5.10 Å². The summed E-state index contributed by atoms with van der Waals surface area (Å²) in [5.74, 6) is 0.837. The van der Waals surface area contributed by atoms with Crippen LogP contribution in [-0.4, -0.2) is 58.8 Å². The number of H-pyrrole nitrogens is 1. The van der Waals surface area contributed by atoms with Crippen molar-refractivity contribution in [3.05, 3.63) is 78.1 Å². The minimum absolute atomic E-state index is 0.0287. The molecule has 2 fully saturated rings. The van der Waals surface area contributed by atoms with Gasteiger partial charge in [-0.05, 0) is 92.9 Å². The number of hydrogen-bond donors (Lipinski definition) is 2. The van der Waals surface area contributed by atoms with Crippen LogP contribution < -0.4 is 10.1 Å². The lowest BCUT2D eigenvalue weighted by Gasteiger charge is -2.38. The summed E-state index contributed by atoms with van der Waals surface area (Å²) in [5.41, 5.74) is 4.63. The lowest BCUT2D eigenvalue weighted by atomic mass is 9.69. The van der Waals surface area contributed by atoms with Crippen molar-refractivity contribution >= 4 is 16.8 Å². The van der Waals surface area contributed by atoms with Crippen molar-refractivity contribution in [1.82, 2.24) is 25.4 Å². The predicted molar refractivity (Wildman–Crippen MR) is 154 cm³/mol. The number of piperidine rings is 1. The number of amides is 1. The number of benzene rings is 2. The van der Waals surface area contributed by atoms with E-state index in [0.29, 0.717) is 12.1 Å². The SMILES string of the molecule is CN1CCC(Oc2ccc(-c3n[nH]c4ccc(C(=O)NCC5(c6ccncc6)CCCCC5)cc34)cc2)CC1. The van der Waals surface area contributed by atoms with Gasteiger partial charge >= 0.3 is 0 Å². The van der Waals surface area contributed by atoms with Crippen LogP contribution in [0.4, 0.5) is 0 Å². The van der Waals surface area contributed by atoms with Crippen molar-refractivity contribution < 1.29 is 9.53 Å². The molecule has 39 heavy (non-hydrogen) atoms. The van der Waals surface area contributed by atoms with Crippen LogP contribution in [0.1, 0.15) is 60.9 Å². The number of ether oxygens (including phenoxy) is 1. The number of nitrogens with one attached hydrogen (secondary N) is 2. The highest BCUT2D eigenvalue weighted by molar-refractivity contribution is 6.01. The van der Waals surface area contributed by atoms with Crippen molar-refractivity contribution in [3.63, 3.8) is 0 Å². The van der Waals surface area contributed by atoms with Gasteiger partial charge in [-0.3, -0.25) is 14.9 Å². The molecule has 0 spiro atoms. The van der Waals surface area contributed by atoms with Gasteiger partial charge in [0.25, 0.3) is 5.91 Å². The average Bonchev–Trinajstić information content (AvgIpc) is 3.42. The zero-order chi connectivity index (χ0) is 26.7. The van der Waals surface area contributed by atoms with Crippen LogP contribution in [0.15, 0.2) is 67.0 Å². The van der Waals surface area contributed by atoms with Gasteiger partial charge in [0.1, 0.15) is 11.9 Å². The number of rotatable bonds is 7. The Morgan fingerprint density at radius 3 is 2.51 bits per heavy atom. The Hall–Kier alpha value is -3.71. The van der Waals surface area contributed by atoms with Crippen LogP contribution >= 0.6 is 0 Å². The summed E-state index contributed by atoms with van der Waals surface area (Å²) in [6, 6.07) is 18.1. The van der Waals surface area contributed by atoms with E-state index in [4.69, 9.17) is 4.74 Å². The molecule has 3 heterocycles. The van der Waals surface area contributed by atoms with Gasteiger partial charge in [0, 0.05) is 54.0 Å². The summed E-state index contributed by atoms with van der Waals surface area (Å²) in [7, 11) is 2.16. The minimum Gasteiger partial charge on any atom is -0.490 e. The zero-order valence-electron chi connectivity index (χ0n) is 22.7. The number of hydrogen-bond acceptors (Lipinski definition) is 5. The highest BCUT2D eigenvalue weighted by atomic mass is 16.5. The molecule has 0 bridgehead atoms. The third kappa shape index (κ3) is 5.55. The molecule has 2 aliphatic rings.